The van der Waals surface area contributed by atoms with Gasteiger partial charge in [-0.25, -0.2) is 0 Å². The van der Waals surface area contributed by atoms with Gasteiger partial charge in [0, 0.05) is 23.7 Å². The predicted octanol–water partition coefficient (Wildman–Crippen LogP) is 2.52. The zero-order valence-corrected chi connectivity index (χ0v) is 9.17. The smallest absolute Gasteiger partial charge is 0.0794 e. The number of nitrogens with zero attached hydrogens (tertiary/aromatic N) is 2. The minimum absolute atomic E-state index is 0.900. The molecule has 2 nitrogen and oxygen atoms in total. The average molecular weight is 208 g/mol. The fourth-order valence-electron chi connectivity index (χ4n) is 2.58. The van der Waals surface area contributed by atoms with E-state index in [1.54, 1.807) is 11.3 Å². The summed E-state index contributed by atoms with van der Waals surface area (Å²) in [7, 11) is 0. The Labute approximate surface area is 89.0 Å². The van der Waals surface area contributed by atoms with Crippen molar-refractivity contribution in [1.82, 2.24) is 9.88 Å². The summed E-state index contributed by atoms with van der Waals surface area (Å²) in [6, 6.07) is 0.900. The Hall–Kier alpha value is -0.410. The van der Waals surface area contributed by atoms with Crippen molar-refractivity contribution in [3.63, 3.8) is 0 Å². The minimum atomic E-state index is 0.900. The molecule has 0 amide bonds. The molecular weight excluding hydrogens is 192 g/mol. The molecule has 1 aliphatic carbocycles. The molecule has 3 rings (SSSR count). The lowest BCUT2D eigenvalue weighted by Gasteiger charge is -2.23. The van der Waals surface area contributed by atoms with E-state index in [1.165, 1.54) is 37.1 Å². The number of thiazole rings is 1. The van der Waals surface area contributed by atoms with E-state index < -0.39 is 0 Å². The highest BCUT2D eigenvalue weighted by atomic mass is 32.1. The summed E-state index contributed by atoms with van der Waals surface area (Å²) in [5.74, 6) is 1.03. The van der Waals surface area contributed by atoms with E-state index in [-0.39, 0.29) is 0 Å². The van der Waals surface area contributed by atoms with Crippen molar-refractivity contribution in [2.24, 2.45) is 5.92 Å². The highest BCUT2D eigenvalue weighted by molar-refractivity contribution is 7.09. The molecule has 2 aliphatic rings. The van der Waals surface area contributed by atoms with Crippen molar-refractivity contribution >= 4 is 11.3 Å². The highest BCUT2D eigenvalue weighted by Gasteiger charge is 2.37. The van der Waals surface area contributed by atoms with Gasteiger partial charge in [-0.2, -0.15) is 0 Å². The molecular formula is C11H16N2S. The SMILES string of the molecule is c1ncc(CN2CCCC2C2CC2)s1. The van der Waals surface area contributed by atoms with E-state index in [9.17, 15) is 0 Å². The maximum Gasteiger partial charge on any atom is 0.0794 e. The van der Waals surface area contributed by atoms with Crippen LogP contribution >= 0.6 is 11.3 Å². The third-order valence-electron chi connectivity index (χ3n) is 3.42. The van der Waals surface area contributed by atoms with Gasteiger partial charge >= 0.3 is 0 Å². The molecule has 1 saturated carbocycles. The Morgan fingerprint density at radius 1 is 1.43 bits per heavy atom. The molecule has 0 bridgehead atoms. The van der Waals surface area contributed by atoms with Crippen LogP contribution < -0.4 is 0 Å². The van der Waals surface area contributed by atoms with E-state index in [2.05, 4.69) is 9.88 Å². The van der Waals surface area contributed by atoms with Gasteiger partial charge in [0.25, 0.3) is 0 Å². The summed E-state index contributed by atoms with van der Waals surface area (Å²) in [4.78, 5) is 8.24. The molecule has 1 aromatic rings. The fraction of sp³-hybridized carbons (Fsp3) is 0.727. The topological polar surface area (TPSA) is 16.1 Å². The number of rotatable bonds is 3. The van der Waals surface area contributed by atoms with Crippen molar-refractivity contribution in [3.05, 3.63) is 16.6 Å². The van der Waals surface area contributed by atoms with Gasteiger partial charge in [0.1, 0.15) is 0 Å². The molecule has 14 heavy (non-hydrogen) atoms. The lowest BCUT2D eigenvalue weighted by atomic mass is 10.1. The third kappa shape index (κ3) is 1.71. The summed E-state index contributed by atoms with van der Waals surface area (Å²) in [6.45, 7) is 2.45. The first-order chi connectivity index (χ1) is 6.93. The van der Waals surface area contributed by atoms with Crippen LogP contribution in [0.4, 0.5) is 0 Å². The molecule has 1 unspecified atom stereocenters. The number of likely N-dealkylation sites (tertiary alicyclic amines) is 1. The Kier molecular flexibility index (Phi) is 2.30. The van der Waals surface area contributed by atoms with Crippen molar-refractivity contribution in [2.75, 3.05) is 6.54 Å². The van der Waals surface area contributed by atoms with E-state index in [0.717, 1.165) is 18.5 Å². The molecule has 1 atom stereocenters. The third-order valence-corrected chi connectivity index (χ3v) is 4.19. The normalized spacial score (nSPS) is 28.4. The van der Waals surface area contributed by atoms with Crippen molar-refractivity contribution < 1.29 is 0 Å². The second-order valence-electron chi connectivity index (χ2n) is 4.49. The van der Waals surface area contributed by atoms with Gasteiger partial charge in [-0.3, -0.25) is 9.88 Å². The summed E-state index contributed by atoms with van der Waals surface area (Å²) in [5.41, 5.74) is 1.94. The number of hydrogen-bond donors (Lipinski definition) is 0. The van der Waals surface area contributed by atoms with Crippen LogP contribution in [0.3, 0.4) is 0 Å². The van der Waals surface area contributed by atoms with Crippen molar-refractivity contribution in [3.8, 4) is 0 Å². The fourth-order valence-corrected chi connectivity index (χ4v) is 3.20. The van der Waals surface area contributed by atoms with E-state index >= 15 is 0 Å². The zero-order chi connectivity index (χ0) is 9.38. The Balaban J connectivity index is 1.65. The lowest BCUT2D eigenvalue weighted by molar-refractivity contribution is 0.225. The first-order valence-corrected chi connectivity index (χ1v) is 6.43. The molecule has 1 aliphatic heterocycles. The average Bonchev–Trinajstić information content (AvgIpc) is 2.74. The first-order valence-electron chi connectivity index (χ1n) is 5.55. The molecule has 2 heterocycles. The minimum Gasteiger partial charge on any atom is -0.295 e. The maximum atomic E-state index is 4.14. The number of aromatic nitrogens is 1. The van der Waals surface area contributed by atoms with Crippen LogP contribution in [-0.2, 0) is 6.54 Å². The van der Waals surface area contributed by atoms with Gasteiger partial charge in [0.2, 0.25) is 0 Å². The van der Waals surface area contributed by atoms with Crippen LogP contribution in [0.1, 0.15) is 30.6 Å². The van der Waals surface area contributed by atoms with Crippen LogP contribution in [-0.4, -0.2) is 22.5 Å². The van der Waals surface area contributed by atoms with E-state index in [1.807, 2.05) is 11.7 Å². The summed E-state index contributed by atoms with van der Waals surface area (Å²) in [5, 5.41) is 0. The van der Waals surface area contributed by atoms with Gasteiger partial charge < -0.3 is 0 Å². The molecule has 0 N–H and O–H groups in total. The Bertz CT molecular complexity index is 292. The van der Waals surface area contributed by atoms with Crippen LogP contribution in [0.25, 0.3) is 0 Å². The Morgan fingerprint density at radius 2 is 2.36 bits per heavy atom. The molecule has 0 radical (unpaired) electrons. The second-order valence-corrected chi connectivity index (χ2v) is 5.46. The van der Waals surface area contributed by atoms with Gasteiger partial charge in [0.05, 0.1) is 5.51 Å². The van der Waals surface area contributed by atoms with E-state index in [0.29, 0.717) is 0 Å². The largest absolute Gasteiger partial charge is 0.295 e. The summed E-state index contributed by atoms with van der Waals surface area (Å²) < 4.78 is 0. The van der Waals surface area contributed by atoms with Gasteiger partial charge in [-0.15, -0.1) is 11.3 Å². The molecule has 0 spiro atoms. The van der Waals surface area contributed by atoms with Gasteiger partial charge in [-0.05, 0) is 38.1 Å². The zero-order valence-electron chi connectivity index (χ0n) is 8.35. The first kappa shape index (κ1) is 8.86. The lowest BCUT2D eigenvalue weighted by Crippen LogP contribution is -2.30. The summed E-state index contributed by atoms with van der Waals surface area (Å²) >= 11 is 1.79. The van der Waals surface area contributed by atoms with E-state index in [4.69, 9.17) is 0 Å². The summed E-state index contributed by atoms with van der Waals surface area (Å²) in [6.07, 6.45) is 7.81. The molecule has 0 aromatic carbocycles. The molecule has 1 aromatic heterocycles. The Morgan fingerprint density at radius 3 is 3.07 bits per heavy atom. The molecule has 3 heteroatoms. The quantitative estimate of drug-likeness (QED) is 0.759. The van der Waals surface area contributed by atoms with Gasteiger partial charge in [-0.1, -0.05) is 0 Å². The predicted molar refractivity (Wildman–Crippen MR) is 58.3 cm³/mol. The van der Waals surface area contributed by atoms with Crippen molar-refractivity contribution in [2.45, 2.75) is 38.3 Å². The van der Waals surface area contributed by atoms with Crippen LogP contribution in [0.5, 0.6) is 0 Å². The molecule has 2 fully saturated rings. The number of hydrogen-bond acceptors (Lipinski definition) is 3. The molecule has 76 valence electrons. The highest BCUT2D eigenvalue weighted by Crippen LogP contribution is 2.40. The van der Waals surface area contributed by atoms with Crippen LogP contribution in [0.2, 0.25) is 0 Å². The monoisotopic (exact) mass is 208 g/mol. The van der Waals surface area contributed by atoms with Crippen molar-refractivity contribution in [1.29, 1.82) is 0 Å². The standard InChI is InChI=1S/C11H16N2S/c1-2-11(9-3-4-9)13(5-1)7-10-6-12-8-14-10/h6,8-9,11H,1-5,7H2. The second kappa shape index (κ2) is 3.63. The molecule has 1 saturated heterocycles. The van der Waals surface area contributed by atoms with Crippen LogP contribution in [0.15, 0.2) is 11.7 Å². The van der Waals surface area contributed by atoms with Gasteiger partial charge in [0.15, 0.2) is 0 Å². The van der Waals surface area contributed by atoms with Crippen LogP contribution in [0, 0.1) is 5.92 Å². The maximum absolute atomic E-state index is 4.14.